The first-order valence-corrected chi connectivity index (χ1v) is 9.84. The monoisotopic (exact) mass is 405 g/mol. The summed E-state index contributed by atoms with van der Waals surface area (Å²) in [7, 11) is 0. The van der Waals surface area contributed by atoms with Gasteiger partial charge in [-0.2, -0.15) is 14.6 Å². The SMILES string of the molecule is Cc1cc(Sc2ccccc2NC(=O)COc2ccccc2C)n2ncnc2n1. The Kier molecular flexibility index (Phi) is 5.44. The number of para-hydroxylation sites is 2. The van der Waals surface area contributed by atoms with Gasteiger partial charge in [-0.15, -0.1) is 0 Å². The zero-order chi connectivity index (χ0) is 20.2. The first-order chi connectivity index (χ1) is 14.1. The standard InChI is InChI=1S/C21H19N5O2S/c1-14-7-3-5-9-17(14)28-12-19(27)25-16-8-4-6-10-18(16)29-20-11-15(2)24-21-22-13-23-26(20)21/h3-11,13H,12H2,1-2H3,(H,25,27). The summed E-state index contributed by atoms with van der Waals surface area (Å²) in [6.45, 7) is 3.79. The lowest BCUT2D eigenvalue weighted by Gasteiger charge is -2.12. The minimum Gasteiger partial charge on any atom is -0.483 e. The number of fused-ring (bicyclic) bond motifs is 1. The number of nitrogens with one attached hydrogen (secondary N) is 1. The molecule has 29 heavy (non-hydrogen) atoms. The number of ether oxygens (including phenoxy) is 1. The Balaban J connectivity index is 1.50. The number of rotatable bonds is 6. The summed E-state index contributed by atoms with van der Waals surface area (Å²) in [5, 5.41) is 8.03. The maximum absolute atomic E-state index is 12.4. The number of anilines is 1. The highest BCUT2D eigenvalue weighted by Crippen LogP contribution is 2.33. The van der Waals surface area contributed by atoms with E-state index in [4.69, 9.17) is 4.74 Å². The number of hydrogen-bond acceptors (Lipinski definition) is 6. The predicted octanol–water partition coefficient (Wildman–Crippen LogP) is 3.91. The molecule has 0 saturated carbocycles. The zero-order valence-corrected chi connectivity index (χ0v) is 16.8. The van der Waals surface area contributed by atoms with Crippen LogP contribution in [0.3, 0.4) is 0 Å². The number of carbonyl (C=O) groups excluding carboxylic acids is 1. The van der Waals surface area contributed by atoms with Crippen LogP contribution in [0.2, 0.25) is 0 Å². The van der Waals surface area contributed by atoms with Crippen LogP contribution in [0.25, 0.3) is 5.78 Å². The summed E-state index contributed by atoms with van der Waals surface area (Å²) in [4.78, 5) is 21.8. The molecule has 1 amide bonds. The maximum Gasteiger partial charge on any atom is 0.262 e. The largest absolute Gasteiger partial charge is 0.483 e. The third-order valence-corrected chi connectivity index (χ3v) is 5.25. The highest BCUT2D eigenvalue weighted by molar-refractivity contribution is 7.99. The minimum absolute atomic E-state index is 0.0639. The van der Waals surface area contributed by atoms with Crippen molar-refractivity contribution in [3.05, 3.63) is 72.2 Å². The molecule has 0 spiro atoms. The Morgan fingerprint density at radius 2 is 1.93 bits per heavy atom. The second-order valence-electron chi connectivity index (χ2n) is 6.41. The molecule has 0 bridgehead atoms. The third kappa shape index (κ3) is 4.38. The molecule has 0 radical (unpaired) electrons. The fourth-order valence-electron chi connectivity index (χ4n) is 2.79. The second kappa shape index (κ2) is 8.32. The van der Waals surface area contributed by atoms with Crippen molar-refractivity contribution in [3.63, 3.8) is 0 Å². The summed E-state index contributed by atoms with van der Waals surface area (Å²) in [5.74, 6) is 1.02. The van der Waals surface area contributed by atoms with Crippen molar-refractivity contribution >= 4 is 29.1 Å². The quantitative estimate of drug-likeness (QED) is 0.490. The van der Waals surface area contributed by atoms with E-state index in [-0.39, 0.29) is 12.5 Å². The summed E-state index contributed by atoms with van der Waals surface area (Å²) in [6.07, 6.45) is 1.47. The Labute approximate surface area is 172 Å². The molecule has 7 nitrogen and oxygen atoms in total. The van der Waals surface area contributed by atoms with Gasteiger partial charge in [0, 0.05) is 10.6 Å². The van der Waals surface area contributed by atoms with Gasteiger partial charge in [-0.3, -0.25) is 4.79 Å². The molecule has 0 aliphatic rings. The molecule has 8 heteroatoms. The van der Waals surface area contributed by atoms with Gasteiger partial charge in [0.25, 0.3) is 11.7 Å². The van der Waals surface area contributed by atoms with Crippen molar-refractivity contribution in [2.24, 2.45) is 0 Å². The first-order valence-electron chi connectivity index (χ1n) is 9.03. The van der Waals surface area contributed by atoms with Crippen molar-refractivity contribution in [1.29, 1.82) is 0 Å². The number of carbonyl (C=O) groups is 1. The molecule has 2 aromatic heterocycles. The third-order valence-electron chi connectivity index (χ3n) is 4.18. The smallest absolute Gasteiger partial charge is 0.262 e. The molecule has 2 aromatic carbocycles. The van der Waals surface area contributed by atoms with E-state index < -0.39 is 0 Å². The van der Waals surface area contributed by atoms with Crippen molar-refractivity contribution in [3.8, 4) is 5.75 Å². The highest BCUT2D eigenvalue weighted by atomic mass is 32.2. The van der Waals surface area contributed by atoms with E-state index in [0.29, 0.717) is 17.2 Å². The van der Waals surface area contributed by atoms with Crippen molar-refractivity contribution in [2.45, 2.75) is 23.8 Å². The van der Waals surface area contributed by atoms with E-state index in [1.165, 1.54) is 18.1 Å². The summed E-state index contributed by atoms with van der Waals surface area (Å²) in [6, 6.07) is 17.2. The molecule has 146 valence electrons. The molecular formula is C21H19N5O2S. The van der Waals surface area contributed by atoms with E-state index in [1.807, 2.05) is 68.4 Å². The van der Waals surface area contributed by atoms with Crippen LogP contribution >= 0.6 is 11.8 Å². The Bertz CT molecular complexity index is 1170. The van der Waals surface area contributed by atoms with Crippen molar-refractivity contribution < 1.29 is 9.53 Å². The van der Waals surface area contributed by atoms with Crippen LogP contribution in [0.5, 0.6) is 5.75 Å². The molecule has 1 N–H and O–H groups in total. The molecule has 0 aliphatic heterocycles. The van der Waals surface area contributed by atoms with Crippen LogP contribution in [0.1, 0.15) is 11.3 Å². The van der Waals surface area contributed by atoms with Crippen LogP contribution in [-0.2, 0) is 4.79 Å². The van der Waals surface area contributed by atoms with Gasteiger partial charge in [0.1, 0.15) is 17.1 Å². The molecule has 0 saturated heterocycles. The van der Waals surface area contributed by atoms with Crippen LogP contribution in [-0.4, -0.2) is 32.1 Å². The number of hydrogen-bond donors (Lipinski definition) is 1. The van der Waals surface area contributed by atoms with Crippen LogP contribution in [0.4, 0.5) is 5.69 Å². The van der Waals surface area contributed by atoms with Crippen molar-refractivity contribution in [2.75, 3.05) is 11.9 Å². The van der Waals surface area contributed by atoms with Gasteiger partial charge in [0.2, 0.25) is 0 Å². The average Bonchev–Trinajstić information content (AvgIpc) is 3.17. The Hall–Kier alpha value is -3.39. The number of nitrogens with zero attached hydrogens (tertiary/aromatic N) is 4. The summed E-state index contributed by atoms with van der Waals surface area (Å²) in [5.41, 5.74) is 2.54. The van der Waals surface area contributed by atoms with Gasteiger partial charge in [-0.25, -0.2) is 4.98 Å². The fraction of sp³-hybridized carbons (Fsp3) is 0.143. The summed E-state index contributed by atoms with van der Waals surface area (Å²) >= 11 is 1.49. The normalized spacial score (nSPS) is 10.8. The molecular weight excluding hydrogens is 386 g/mol. The van der Waals surface area contributed by atoms with E-state index >= 15 is 0 Å². The second-order valence-corrected chi connectivity index (χ2v) is 7.47. The number of aromatic nitrogens is 4. The first kappa shape index (κ1) is 18.9. The van der Waals surface area contributed by atoms with E-state index in [1.54, 1.807) is 4.52 Å². The van der Waals surface area contributed by atoms with Crippen molar-refractivity contribution in [1.82, 2.24) is 19.6 Å². The van der Waals surface area contributed by atoms with Gasteiger partial charge >= 0.3 is 0 Å². The fourth-order valence-corrected chi connectivity index (χ4v) is 3.83. The van der Waals surface area contributed by atoms with Gasteiger partial charge in [0.15, 0.2) is 6.61 Å². The molecule has 0 aliphatic carbocycles. The summed E-state index contributed by atoms with van der Waals surface area (Å²) < 4.78 is 7.32. The van der Waals surface area contributed by atoms with Gasteiger partial charge < -0.3 is 10.1 Å². The van der Waals surface area contributed by atoms with Crippen LogP contribution in [0.15, 0.2) is 70.8 Å². The molecule has 2 heterocycles. The maximum atomic E-state index is 12.4. The van der Waals surface area contributed by atoms with E-state index in [2.05, 4.69) is 20.4 Å². The lowest BCUT2D eigenvalue weighted by molar-refractivity contribution is -0.118. The van der Waals surface area contributed by atoms with Gasteiger partial charge in [0.05, 0.1) is 5.69 Å². The number of benzene rings is 2. The Morgan fingerprint density at radius 3 is 2.79 bits per heavy atom. The van der Waals surface area contributed by atoms with E-state index in [9.17, 15) is 4.79 Å². The van der Waals surface area contributed by atoms with Crippen LogP contribution in [0, 0.1) is 13.8 Å². The predicted molar refractivity (Wildman–Crippen MR) is 111 cm³/mol. The van der Waals surface area contributed by atoms with Gasteiger partial charge in [-0.05, 0) is 43.7 Å². The molecule has 4 rings (SSSR count). The number of amides is 1. The molecule has 0 atom stereocenters. The van der Waals surface area contributed by atoms with E-state index in [0.717, 1.165) is 21.2 Å². The van der Waals surface area contributed by atoms with Crippen LogP contribution < -0.4 is 10.1 Å². The lowest BCUT2D eigenvalue weighted by atomic mass is 10.2. The lowest BCUT2D eigenvalue weighted by Crippen LogP contribution is -2.20. The minimum atomic E-state index is -0.224. The molecule has 0 fully saturated rings. The zero-order valence-electron chi connectivity index (χ0n) is 16.0. The van der Waals surface area contributed by atoms with Gasteiger partial charge in [-0.1, -0.05) is 42.1 Å². The average molecular weight is 405 g/mol. The molecule has 4 aromatic rings. The molecule has 0 unspecified atom stereocenters. The highest BCUT2D eigenvalue weighted by Gasteiger charge is 2.12. The Morgan fingerprint density at radius 1 is 1.14 bits per heavy atom. The number of aryl methyl sites for hydroxylation is 2. The topological polar surface area (TPSA) is 81.4 Å².